The van der Waals surface area contributed by atoms with Crippen molar-refractivity contribution in [3.63, 3.8) is 0 Å². The van der Waals surface area contributed by atoms with Crippen LogP contribution in [0.25, 0.3) is 0 Å². The minimum Gasteiger partial charge on any atom is -0.355 e. The molecule has 2 N–H and O–H groups in total. The van der Waals surface area contributed by atoms with Gasteiger partial charge >= 0.3 is 0 Å². The summed E-state index contributed by atoms with van der Waals surface area (Å²) in [6.45, 7) is 16.8. The van der Waals surface area contributed by atoms with Gasteiger partial charge in [-0.15, -0.1) is 0 Å². The van der Waals surface area contributed by atoms with Crippen molar-refractivity contribution in [2.45, 2.75) is 233 Å². The first-order valence-electron chi connectivity index (χ1n) is 25.1. The molecule has 0 saturated carbocycles. The Labute approximate surface area is 351 Å². The quantitative estimate of drug-likeness (QED) is 0.0601. The second-order valence-corrected chi connectivity index (χ2v) is 17.3. The maximum absolute atomic E-state index is 12.6. The molecule has 334 valence electrons. The van der Waals surface area contributed by atoms with Gasteiger partial charge in [0.25, 0.3) is 0 Å². The minimum absolute atomic E-state index is 0.151. The summed E-state index contributed by atoms with van der Waals surface area (Å²) < 4.78 is 0. The van der Waals surface area contributed by atoms with E-state index in [0.29, 0.717) is 13.1 Å². The average Bonchev–Trinajstić information content (AvgIpc) is 3.20. The summed E-state index contributed by atoms with van der Waals surface area (Å²) in [4.78, 5) is 32.0. The van der Waals surface area contributed by atoms with Crippen LogP contribution in [0.1, 0.15) is 233 Å². The summed E-state index contributed by atoms with van der Waals surface area (Å²) in [5, 5.41) is 6.31. The molecule has 0 aromatic rings. The normalized spacial score (nSPS) is 11.7. The van der Waals surface area contributed by atoms with Gasteiger partial charge in [0.05, 0.1) is 13.1 Å². The number of likely N-dealkylation sites (N-methyl/N-ethyl adjacent to an activating group) is 3. The fourth-order valence-corrected chi connectivity index (χ4v) is 7.75. The standard InChI is InChI=1S/C49H101N5O2/c1-6-10-12-14-16-18-20-22-24-26-28-30-32-34-36-38-40-50-48(55)46-53(8-3)44-42-52(5)43-45-54(9-4)47-49(56)51-41-39-37-35-33-31-29-27-25-23-21-19-17-15-13-11-7-2/h6-47H2,1-5H3,(H,50,55)(H,51,56). The third-order valence-electron chi connectivity index (χ3n) is 11.9. The van der Waals surface area contributed by atoms with E-state index in [9.17, 15) is 9.59 Å². The molecule has 0 aromatic carbocycles. The summed E-state index contributed by atoms with van der Waals surface area (Å²) in [6, 6.07) is 0. The molecule has 0 atom stereocenters. The fourth-order valence-electron chi connectivity index (χ4n) is 7.75. The molecule has 0 spiro atoms. The number of nitrogens with zero attached hydrogens (tertiary/aromatic N) is 3. The monoisotopic (exact) mass is 792 g/mol. The predicted molar refractivity (Wildman–Crippen MR) is 247 cm³/mol. The first kappa shape index (κ1) is 54.8. The summed E-state index contributed by atoms with van der Waals surface area (Å²) in [7, 11) is 2.15. The van der Waals surface area contributed by atoms with Crippen LogP contribution in [-0.2, 0) is 9.59 Å². The van der Waals surface area contributed by atoms with Gasteiger partial charge in [0, 0.05) is 39.3 Å². The highest BCUT2D eigenvalue weighted by molar-refractivity contribution is 5.78. The van der Waals surface area contributed by atoms with Gasteiger partial charge in [0.1, 0.15) is 0 Å². The van der Waals surface area contributed by atoms with E-state index in [1.807, 2.05) is 0 Å². The molecule has 0 aliphatic heterocycles. The van der Waals surface area contributed by atoms with E-state index < -0.39 is 0 Å². The van der Waals surface area contributed by atoms with Crippen molar-refractivity contribution in [2.75, 3.05) is 72.5 Å². The van der Waals surface area contributed by atoms with E-state index in [1.54, 1.807) is 0 Å². The molecule has 0 rings (SSSR count). The van der Waals surface area contributed by atoms with Crippen molar-refractivity contribution < 1.29 is 9.59 Å². The molecule has 0 heterocycles. The molecule has 2 amide bonds. The van der Waals surface area contributed by atoms with Crippen LogP contribution in [0.15, 0.2) is 0 Å². The molecular formula is C49H101N5O2. The smallest absolute Gasteiger partial charge is 0.234 e. The van der Waals surface area contributed by atoms with Gasteiger partial charge in [0.15, 0.2) is 0 Å². The molecular weight excluding hydrogens is 691 g/mol. The SMILES string of the molecule is CCCCCCCCCCCCCCCCCCNC(=O)CN(CC)CCN(C)CCN(CC)CC(=O)NCCCCCCCCCCCCCCCCCC. The number of hydrogen-bond acceptors (Lipinski definition) is 5. The first-order chi connectivity index (χ1) is 27.5. The van der Waals surface area contributed by atoms with Crippen LogP contribution in [0.2, 0.25) is 0 Å². The Morgan fingerprint density at radius 2 is 0.571 bits per heavy atom. The van der Waals surface area contributed by atoms with Gasteiger partial charge in [-0.1, -0.05) is 220 Å². The summed E-state index contributed by atoms with van der Waals surface area (Å²) in [6.07, 6.45) is 43.8. The average molecular weight is 792 g/mol. The molecule has 7 nitrogen and oxygen atoms in total. The van der Waals surface area contributed by atoms with E-state index in [2.05, 4.69) is 60.1 Å². The summed E-state index contributed by atoms with van der Waals surface area (Å²) >= 11 is 0. The highest BCUT2D eigenvalue weighted by atomic mass is 16.2. The van der Waals surface area contributed by atoms with Gasteiger partial charge in [-0.3, -0.25) is 19.4 Å². The Kier molecular flexibility index (Phi) is 44.0. The zero-order chi connectivity index (χ0) is 41.0. The molecule has 7 heteroatoms. The fraction of sp³-hybridized carbons (Fsp3) is 0.959. The Bertz CT molecular complexity index is 747. The Balaban J connectivity index is 3.72. The number of unbranched alkanes of at least 4 members (excludes halogenated alkanes) is 30. The van der Waals surface area contributed by atoms with Crippen LogP contribution in [-0.4, -0.2) is 99.0 Å². The van der Waals surface area contributed by atoms with Crippen molar-refractivity contribution in [1.82, 2.24) is 25.3 Å². The van der Waals surface area contributed by atoms with Crippen molar-refractivity contribution >= 4 is 11.8 Å². The van der Waals surface area contributed by atoms with Crippen LogP contribution in [0.5, 0.6) is 0 Å². The largest absolute Gasteiger partial charge is 0.355 e. The number of amides is 2. The molecule has 56 heavy (non-hydrogen) atoms. The highest BCUT2D eigenvalue weighted by Crippen LogP contribution is 2.15. The third-order valence-corrected chi connectivity index (χ3v) is 11.9. The van der Waals surface area contributed by atoms with Gasteiger partial charge in [0.2, 0.25) is 11.8 Å². The van der Waals surface area contributed by atoms with Crippen LogP contribution in [0, 0.1) is 0 Å². The maximum Gasteiger partial charge on any atom is 0.234 e. The maximum atomic E-state index is 12.6. The Hall–Kier alpha value is -1.18. The second kappa shape index (κ2) is 44.9. The van der Waals surface area contributed by atoms with Crippen LogP contribution >= 0.6 is 0 Å². The molecule has 0 aliphatic carbocycles. The molecule has 0 aliphatic rings. The highest BCUT2D eigenvalue weighted by Gasteiger charge is 2.12. The number of carbonyl (C=O) groups excluding carboxylic acids is 2. The Morgan fingerprint density at radius 3 is 0.804 bits per heavy atom. The van der Waals surface area contributed by atoms with Crippen LogP contribution in [0.4, 0.5) is 0 Å². The van der Waals surface area contributed by atoms with Crippen molar-refractivity contribution in [1.29, 1.82) is 0 Å². The van der Waals surface area contributed by atoms with Crippen molar-refractivity contribution in [3.8, 4) is 0 Å². The lowest BCUT2D eigenvalue weighted by atomic mass is 10.0. The van der Waals surface area contributed by atoms with Crippen molar-refractivity contribution in [2.24, 2.45) is 0 Å². The predicted octanol–water partition coefficient (Wildman–Crippen LogP) is 12.3. The number of rotatable bonds is 46. The number of hydrogen-bond donors (Lipinski definition) is 2. The zero-order valence-corrected chi connectivity index (χ0v) is 38.9. The molecule has 0 aromatic heterocycles. The first-order valence-corrected chi connectivity index (χ1v) is 25.1. The second-order valence-electron chi connectivity index (χ2n) is 17.3. The molecule has 0 unspecified atom stereocenters. The van der Waals surface area contributed by atoms with Gasteiger partial charge < -0.3 is 15.5 Å². The minimum atomic E-state index is 0.151. The molecule has 0 fully saturated rings. The topological polar surface area (TPSA) is 67.9 Å². The summed E-state index contributed by atoms with van der Waals surface area (Å²) in [5.74, 6) is 0.302. The van der Waals surface area contributed by atoms with E-state index in [4.69, 9.17) is 0 Å². The van der Waals surface area contributed by atoms with Crippen LogP contribution in [0.3, 0.4) is 0 Å². The third kappa shape index (κ3) is 41.0. The molecule has 0 radical (unpaired) electrons. The number of carbonyl (C=O) groups is 2. The van der Waals surface area contributed by atoms with E-state index in [1.165, 1.54) is 193 Å². The lowest BCUT2D eigenvalue weighted by Gasteiger charge is -2.26. The molecule has 0 saturated heterocycles. The lowest BCUT2D eigenvalue weighted by molar-refractivity contribution is -0.123. The Morgan fingerprint density at radius 1 is 0.339 bits per heavy atom. The summed E-state index contributed by atoms with van der Waals surface area (Å²) in [5.41, 5.74) is 0. The zero-order valence-electron chi connectivity index (χ0n) is 38.9. The lowest BCUT2D eigenvalue weighted by Crippen LogP contribution is -2.43. The van der Waals surface area contributed by atoms with Gasteiger partial charge in [-0.05, 0) is 33.0 Å². The molecule has 0 bridgehead atoms. The van der Waals surface area contributed by atoms with Gasteiger partial charge in [-0.2, -0.15) is 0 Å². The van der Waals surface area contributed by atoms with Crippen LogP contribution < -0.4 is 10.6 Å². The van der Waals surface area contributed by atoms with E-state index in [-0.39, 0.29) is 11.8 Å². The van der Waals surface area contributed by atoms with E-state index in [0.717, 1.165) is 65.2 Å². The van der Waals surface area contributed by atoms with Crippen molar-refractivity contribution in [3.05, 3.63) is 0 Å². The number of nitrogens with one attached hydrogen (secondary N) is 2. The van der Waals surface area contributed by atoms with Gasteiger partial charge in [-0.25, -0.2) is 0 Å². The van der Waals surface area contributed by atoms with E-state index >= 15 is 0 Å².